The fourth-order valence-corrected chi connectivity index (χ4v) is 3.60. The minimum absolute atomic E-state index is 0.0203. The maximum Gasteiger partial charge on any atom is 0.225 e. The minimum Gasteiger partial charge on any atom is -0.468 e. The fraction of sp³-hybridized carbons (Fsp3) is 0.647. The number of hydrogen-bond acceptors (Lipinski definition) is 7. The van der Waals surface area contributed by atoms with Gasteiger partial charge in [0.05, 0.1) is 12.1 Å². The van der Waals surface area contributed by atoms with Gasteiger partial charge >= 0.3 is 0 Å². The first kappa shape index (κ1) is 18.2. The summed E-state index contributed by atoms with van der Waals surface area (Å²) >= 11 is 0. The average molecular weight is 362 g/mol. The summed E-state index contributed by atoms with van der Waals surface area (Å²) in [6, 6.07) is 0. The molecule has 2 aliphatic rings. The Balaban J connectivity index is 1.46. The van der Waals surface area contributed by atoms with Crippen LogP contribution in [-0.2, 0) is 16.0 Å². The first-order valence-electron chi connectivity index (χ1n) is 9.02. The molecule has 9 nitrogen and oxygen atoms in total. The third-order valence-corrected chi connectivity index (χ3v) is 4.94. The number of nitrogens with two attached hydrogens (primary N) is 2. The van der Waals surface area contributed by atoms with E-state index >= 15 is 0 Å². The maximum atomic E-state index is 12.4. The molecule has 1 spiro atoms. The van der Waals surface area contributed by atoms with Crippen LogP contribution in [0, 0.1) is 0 Å². The molecule has 0 bridgehead atoms. The average Bonchev–Trinajstić information content (AvgIpc) is 3.14. The number of rotatable bonds is 6. The van der Waals surface area contributed by atoms with E-state index < -0.39 is 5.60 Å². The summed E-state index contributed by atoms with van der Waals surface area (Å²) in [5.41, 5.74) is 11.9. The predicted octanol–water partition coefficient (Wildman–Crippen LogP) is 0.244. The van der Waals surface area contributed by atoms with Gasteiger partial charge < -0.3 is 26.4 Å². The van der Waals surface area contributed by atoms with Crippen LogP contribution in [0.25, 0.3) is 0 Å². The van der Waals surface area contributed by atoms with Crippen LogP contribution in [0.3, 0.4) is 0 Å². The number of fused-ring (bicyclic) bond motifs is 1. The Kier molecular flexibility index (Phi) is 5.15. The lowest BCUT2D eigenvalue weighted by molar-refractivity contribution is -0.131. The lowest BCUT2D eigenvalue weighted by atomic mass is 9.97. The molecular formula is C17H26N6O3. The summed E-state index contributed by atoms with van der Waals surface area (Å²) in [4.78, 5) is 33.2. The van der Waals surface area contributed by atoms with E-state index in [0.717, 1.165) is 31.2 Å². The maximum absolute atomic E-state index is 12.4. The molecule has 1 atom stereocenters. The van der Waals surface area contributed by atoms with E-state index in [4.69, 9.17) is 16.2 Å². The van der Waals surface area contributed by atoms with Gasteiger partial charge in [0.1, 0.15) is 11.4 Å². The van der Waals surface area contributed by atoms with E-state index in [1.54, 1.807) is 0 Å². The number of nitrogens with zero attached hydrogens (tertiary/aromatic N) is 3. The molecule has 0 aromatic carbocycles. The van der Waals surface area contributed by atoms with Gasteiger partial charge in [0.2, 0.25) is 23.6 Å². The second-order valence-corrected chi connectivity index (χ2v) is 7.07. The molecule has 0 radical (unpaired) electrons. The topological polar surface area (TPSA) is 136 Å². The van der Waals surface area contributed by atoms with Crippen LogP contribution in [0.1, 0.15) is 44.6 Å². The third kappa shape index (κ3) is 3.97. The SMILES string of the molecule is CC(=O)NCCCCCC(=O)N1CC[C@@]2(Cc3c(N)nc(N)nc3O2)C1. The molecule has 0 unspecified atom stereocenters. The number of carbonyl (C=O) groups is 2. The highest BCUT2D eigenvalue weighted by Crippen LogP contribution is 2.41. The highest BCUT2D eigenvalue weighted by Gasteiger charge is 2.47. The Bertz CT molecular complexity index is 710. The summed E-state index contributed by atoms with van der Waals surface area (Å²) in [5, 5.41) is 2.76. The monoisotopic (exact) mass is 362 g/mol. The summed E-state index contributed by atoms with van der Waals surface area (Å²) in [6.07, 6.45) is 4.48. The second kappa shape index (κ2) is 7.35. The number of anilines is 2. The lowest BCUT2D eigenvalue weighted by Gasteiger charge is -2.23. The van der Waals surface area contributed by atoms with Crippen LogP contribution in [0.15, 0.2) is 0 Å². The number of hydrogen-bond donors (Lipinski definition) is 3. The van der Waals surface area contributed by atoms with Crippen molar-refractivity contribution in [2.45, 2.75) is 51.0 Å². The van der Waals surface area contributed by atoms with Crippen molar-refractivity contribution in [1.82, 2.24) is 20.2 Å². The van der Waals surface area contributed by atoms with Crippen molar-refractivity contribution in [3.05, 3.63) is 5.56 Å². The summed E-state index contributed by atoms with van der Waals surface area (Å²) in [7, 11) is 0. The Morgan fingerprint density at radius 1 is 1.27 bits per heavy atom. The number of nitrogens with one attached hydrogen (secondary N) is 1. The van der Waals surface area contributed by atoms with Crippen LogP contribution >= 0.6 is 0 Å². The lowest BCUT2D eigenvalue weighted by Crippen LogP contribution is -2.39. The highest BCUT2D eigenvalue weighted by atomic mass is 16.5. The van der Waals surface area contributed by atoms with Gasteiger partial charge in [0, 0.05) is 39.3 Å². The van der Waals surface area contributed by atoms with E-state index in [1.165, 1.54) is 6.92 Å². The second-order valence-electron chi connectivity index (χ2n) is 7.07. The molecule has 9 heteroatoms. The van der Waals surface area contributed by atoms with Crippen molar-refractivity contribution in [3.8, 4) is 5.88 Å². The Morgan fingerprint density at radius 3 is 2.85 bits per heavy atom. The van der Waals surface area contributed by atoms with Crippen molar-refractivity contribution in [2.75, 3.05) is 31.1 Å². The van der Waals surface area contributed by atoms with E-state index in [-0.39, 0.29) is 17.8 Å². The molecule has 1 aromatic rings. The molecule has 5 N–H and O–H groups in total. The summed E-state index contributed by atoms with van der Waals surface area (Å²) in [6.45, 7) is 3.37. The quantitative estimate of drug-likeness (QED) is 0.617. The number of likely N-dealkylation sites (tertiary alicyclic amines) is 1. The van der Waals surface area contributed by atoms with Crippen LogP contribution in [0.2, 0.25) is 0 Å². The van der Waals surface area contributed by atoms with Crippen LogP contribution in [0.4, 0.5) is 11.8 Å². The molecule has 1 aromatic heterocycles. The zero-order chi connectivity index (χ0) is 18.7. The minimum atomic E-state index is -0.458. The van der Waals surface area contributed by atoms with Gasteiger partial charge in [-0.1, -0.05) is 6.42 Å². The molecule has 3 rings (SSSR count). The molecule has 142 valence electrons. The van der Waals surface area contributed by atoms with Crippen molar-refractivity contribution in [1.29, 1.82) is 0 Å². The van der Waals surface area contributed by atoms with E-state index in [0.29, 0.717) is 44.2 Å². The Hall–Kier alpha value is -2.58. The van der Waals surface area contributed by atoms with Gasteiger partial charge in [0.25, 0.3) is 0 Å². The number of amides is 2. The molecule has 26 heavy (non-hydrogen) atoms. The van der Waals surface area contributed by atoms with E-state index in [2.05, 4.69) is 15.3 Å². The molecule has 1 saturated heterocycles. The van der Waals surface area contributed by atoms with E-state index in [9.17, 15) is 9.59 Å². The number of aromatic nitrogens is 2. The molecule has 3 heterocycles. The summed E-state index contributed by atoms with van der Waals surface area (Å²) in [5.74, 6) is 1.02. The smallest absolute Gasteiger partial charge is 0.225 e. The van der Waals surface area contributed by atoms with Gasteiger partial charge in [-0.2, -0.15) is 9.97 Å². The summed E-state index contributed by atoms with van der Waals surface area (Å²) < 4.78 is 6.03. The van der Waals surface area contributed by atoms with Gasteiger partial charge in [-0.3, -0.25) is 9.59 Å². The van der Waals surface area contributed by atoms with Crippen LogP contribution < -0.4 is 21.5 Å². The van der Waals surface area contributed by atoms with Crippen LogP contribution in [0.5, 0.6) is 5.88 Å². The van der Waals surface area contributed by atoms with Crippen molar-refractivity contribution in [2.24, 2.45) is 0 Å². The largest absolute Gasteiger partial charge is 0.468 e. The molecule has 1 fully saturated rings. The van der Waals surface area contributed by atoms with Gasteiger partial charge in [-0.25, -0.2) is 0 Å². The number of nitrogen functional groups attached to an aromatic ring is 2. The first-order chi connectivity index (χ1) is 12.4. The van der Waals surface area contributed by atoms with Crippen molar-refractivity contribution < 1.29 is 14.3 Å². The van der Waals surface area contributed by atoms with E-state index in [1.807, 2.05) is 4.90 Å². The zero-order valence-corrected chi connectivity index (χ0v) is 15.1. The normalized spacial score (nSPS) is 20.9. The molecular weight excluding hydrogens is 336 g/mol. The predicted molar refractivity (Wildman–Crippen MR) is 96.3 cm³/mol. The first-order valence-corrected chi connectivity index (χ1v) is 9.02. The highest BCUT2D eigenvalue weighted by molar-refractivity contribution is 5.76. The number of unbranched alkanes of at least 4 members (excludes halogenated alkanes) is 2. The van der Waals surface area contributed by atoms with Gasteiger partial charge in [-0.05, 0) is 12.8 Å². The number of carbonyl (C=O) groups excluding carboxylic acids is 2. The number of ether oxygens (including phenoxy) is 1. The Labute approximate surface area is 152 Å². The van der Waals surface area contributed by atoms with Crippen LogP contribution in [-0.4, -0.2) is 51.9 Å². The molecule has 2 amide bonds. The third-order valence-electron chi connectivity index (χ3n) is 4.94. The zero-order valence-electron chi connectivity index (χ0n) is 15.1. The fourth-order valence-electron chi connectivity index (χ4n) is 3.60. The molecule has 0 saturated carbocycles. The molecule has 0 aliphatic carbocycles. The van der Waals surface area contributed by atoms with Gasteiger partial charge in [0.15, 0.2) is 0 Å². The Morgan fingerprint density at radius 2 is 2.08 bits per heavy atom. The van der Waals surface area contributed by atoms with Crippen molar-refractivity contribution in [3.63, 3.8) is 0 Å². The standard InChI is InChI=1S/C17H26N6O3/c1-11(24)20-7-4-2-3-5-13(25)23-8-6-17(10-23)9-12-14(18)21-16(19)22-15(12)26-17/h2-10H2,1H3,(H,20,24)(H4,18,19,21,22)/t17-/m1/s1. The van der Waals surface area contributed by atoms with Gasteiger partial charge in [-0.15, -0.1) is 0 Å². The molecule has 2 aliphatic heterocycles. The van der Waals surface area contributed by atoms with Crippen molar-refractivity contribution >= 4 is 23.6 Å².